The molecule has 0 aromatic heterocycles. The van der Waals surface area contributed by atoms with Crippen LogP contribution in [-0.4, -0.2) is 19.1 Å². The fourth-order valence-electron chi connectivity index (χ4n) is 1.96. The molecule has 2 aromatic carbocycles. The molecule has 0 radical (unpaired) electrons. The molecular formula is C16H17ClFNO2. The summed E-state index contributed by atoms with van der Waals surface area (Å²) in [4.78, 5) is 11.3. The van der Waals surface area contributed by atoms with Crippen molar-refractivity contribution < 1.29 is 13.9 Å². The number of benzene rings is 2. The maximum absolute atomic E-state index is 12.9. The second-order valence-corrected chi connectivity index (χ2v) is 4.54. The lowest BCUT2D eigenvalue weighted by atomic mass is 10.0. The molecule has 0 amide bonds. The largest absolute Gasteiger partial charge is 0.468 e. The van der Waals surface area contributed by atoms with Gasteiger partial charge in [0.2, 0.25) is 0 Å². The predicted octanol–water partition coefficient (Wildman–Crippen LogP) is 2.96. The van der Waals surface area contributed by atoms with Crippen molar-refractivity contribution in [1.29, 1.82) is 0 Å². The molecular weight excluding hydrogens is 293 g/mol. The molecule has 0 aliphatic carbocycles. The van der Waals surface area contributed by atoms with Gasteiger partial charge in [0.1, 0.15) is 11.9 Å². The zero-order valence-corrected chi connectivity index (χ0v) is 12.4. The van der Waals surface area contributed by atoms with Gasteiger partial charge in [-0.05, 0) is 35.2 Å². The van der Waals surface area contributed by atoms with Gasteiger partial charge in [-0.15, -0.1) is 12.4 Å². The minimum atomic E-state index is -0.656. The van der Waals surface area contributed by atoms with Gasteiger partial charge in [0.05, 0.1) is 7.11 Å². The number of halogens is 2. The van der Waals surface area contributed by atoms with Crippen molar-refractivity contribution in [3.8, 4) is 11.1 Å². The molecule has 0 saturated heterocycles. The van der Waals surface area contributed by atoms with Crippen LogP contribution in [0.5, 0.6) is 0 Å². The van der Waals surface area contributed by atoms with Crippen molar-refractivity contribution in [2.75, 3.05) is 7.11 Å². The highest BCUT2D eigenvalue weighted by Gasteiger charge is 2.13. The smallest absolute Gasteiger partial charge is 0.322 e. The summed E-state index contributed by atoms with van der Waals surface area (Å²) in [6.07, 6.45) is 0.427. The highest BCUT2D eigenvalue weighted by molar-refractivity contribution is 5.85. The monoisotopic (exact) mass is 309 g/mol. The van der Waals surface area contributed by atoms with Crippen LogP contribution in [-0.2, 0) is 16.0 Å². The number of carbonyl (C=O) groups excluding carboxylic acids is 1. The summed E-state index contributed by atoms with van der Waals surface area (Å²) in [5, 5.41) is 0. The summed E-state index contributed by atoms with van der Waals surface area (Å²) in [5.74, 6) is -0.679. The molecule has 2 N–H and O–H groups in total. The van der Waals surface area contributed by atoms with Gasteiger partial charge >= 0.3 is 5.97 Å². The van der Waals surface area contributed by atoms with E-state index in [1.54, 1.807) is 12.1 Å². The van der Waals surface area contributed by atoms with E-state index >= 15 is 0 Å². The second-order valence-electron chi connectivity index (χ2n) is 4.54. The quantitative estimate of drug-likeness (QED) is 0.883. The molecule has 5 heteroatoms. The average molecular weight is 310 g/mol. The summed E-state index contributed by atoms with van der Waals surface area (Å²) in [6, 6.07) is 13.3. The van der Waals surface area contributed by atoms with Crippen LogP contribution in [0.2, 0.25) is 0 Å². The first-order chi connectivity index (χ1) is 9.60. The van der Waals surface area contributed by atoms with Crippen LogP contribution in [0, 0.1) is 5.82 Å². The maximum Gasteiger partial charge on any atom is 0.322 e. The molecule has 0 saturated carbocycles. The summed E-state index contributed by atoms with van der Waals surface area (Å²) >= 11 is 0. The molecule has 2 aromatic rings. The third kappa shape index (κ3) is 4.55. The van der Waals surface area contributed by atoms with E-state index in [1.165, 1.54) is 19.2 Å². The zero-order valence-electron chi connectivity index (χ0n) is 11.6. The normalized spacial score (nSPS) is 11.4. The van der Waals surface area contributed by atoms with Gasteiger partial charge in [0.15, 0.2) is 0 Å². The lowest BCUT2D eigenvalue weighted by molar-refractivity contribution is -0.142. The van der Waals surface area contributed by atoms with Crippen molar-refractivity contribution in [3.05, 3.63) is 59.9 Å². The number of rotatable bonds is 4. The van der Waals surface area contributed by atoms with Gasteiger partial charge in [-0.2, -0.15) is 0 Å². The molecule has 2 rings (SSSR count). The Morgan fingerprint density at radius 1 is 1.10 bits per heavy atom. The van der Waals surface area contributed by atoms with Crippen LogP contribution in [0.3, 0.4) is 0 Å². The molecule has 0 aliphatic rings. The fraction of sp³-hybridized carbons (Fsp3) is 0.188. The molecule has 0 fully saturated rings. The summed E-state index contributed by atoms with van der Waals surface area (Å²) in [5.41, 5.74) is 8.59. The Kier molecular flexibility index (Phi) is 6.34. The van der Waals surface area contributed by atoms with Crippen molar-refractivity contribution in [2.24, 2.45) is 5.73 Å². The van der Waals surface area contributed by atoms with E-state index in [4.69, 9.17) is 5.73 Å². The summed E-state index contributed by atoms with van der Waals surface area (Å²) in [6.45, 7) is 0. The summed E-state index contributed by atoms with van der Waals surface area (Å²) in [7, 11) is 1.32. The number of ether oxygens (including phenoxy) is 1. The van der Waals surface area contributed by atoms with E-state index in [1.807, 2.05) is 24.3 Å². The van der Waals surface area contributed by atoms with Crippen LogP contribution in [0.15, 0.2) is 48.5 Å². The zero-order chi connectivity index (χ0) is 14.5. The number of nitrogens with two attached hydrogens (primary N) is 1. The number of esters is 1. The Bertz CT molecular complexity index is 584. The maximum atomic E-state index is 12.9. The Balaban J connectivity index is 0.00000220. The van der Waals surface area contributed by atoms with Crippen molar-refractivity contribution in [1.82, 2.24) is 0 Å². The van der Waals surface area contributed by atoms with Crippen molar-refractivity contribution >= 4 is 18.4 Å². The highest BCUT2D eigenvalue weighted by Crippen LogP contribution is 2.20. The van der Waals surface area contributed by atoms with E-state index in [0.29, 0.717) is 6.42 Å². The van der Waals surface area contributed by atoms with Gasteiger partial charge in [0, 0.05) is 0 Å². The predicted molar refractivity (Wildman–Crippen MR) is 82.8 cm³/mol. The van der Waals surface area contributed by atoms with Crippen LogP contribution in [0.4, 0.5) is 4.39 Å². The minimum Gasteiger partial charge on any atom is -0.468 e. The second kappa shape index (κ2) is 7.76. The topological polar surface area (TPSA) is 52.3 Å². The van der Waals surface area contributed by atoms with Gasteiger partial charge < -0.3 is 10.5 Å². The van der Waals surface area contributed by atoms with Gasteiger partial charge in [-0.3, -0.25) is 4.79 Å². The standard InChI is InChI=1S/C16H16FNO2.ClH/c1-20-16(19)15(18)10-11-2-4-12(5-3-11)13-6-8-14(17)9-7-13;/h2-9,15H,10,18H2,1H3;1H/t15-;/m0./s1. The third-order valence-corrected chi connectivity index (χ3v) is 3.09. The summed E-state index contributed by atoms with van der Waals surface area (Å²) < 4.78 is 17.5. The average Bonchev–Trinajstić information content (AvgIpc) is 2.48. The lowest BCUT2D eigenvalue weighted by Gasteiger charge is -2.09. The van der Waals surface area contributed by atoms with Gasteiger partial charge in [-0.25, -0.2) is 4.39 Å². The van der Waals surface area contributed by atoms with Crippen LogP contribution in [0.25, 0.3) is 11.1 Å². The molecule has 3 nitrogen and oxygen atoms in total. The Morgan fingerprint density at radius 3 is 2.05 bits per heavy atom. The van der Waals surface area contributed by atoms with E-state index in [2.05, 4.69) is 4.74 Å². The van der Waals surface area contributed by atoms with Crippen LogP contribution < -0.4 is 5.73 Å². The molecule has 21 heavy (non-hydrogen) atoms. The molecule has 0 spiro atoms. The highest BCUT2D eigenvalue weighted by atomic mass is 35.5. The first kappa shape index (κ1) is 17.1. The SMILES string of the molecule is COC(=O)[C@@H](N)Cc1ccc(-c2ccc(F)cc2)cc1.Cl. The van der Waals surface area contributed by atoms with Crippen LogP contribution in [0.1, 0.15) is 5.56 Å². The Morgan fingerprint density at radius 2 is 1.57 bits per heavy atom. The third-order valence-electron chi connectivity index (χ3n) is 3.09. The molecule has 0 heterocycles. The van der Waals surface area contributed by atoms with E-state index in [-0.39, 0.29) is 18.2 Å². The van der Waals surface area contributed by atoms with Crippen LogP contribution >= 0.6 is 12.4 Å². The van der Waals surface area contributed by atoms with Gasteiger partial charge in [-0.1, -0.05) is 36.4 Å². The van der Waals surface area contributed by atoms with Crippen molar-refractivity contribution in [3.63, 3.8) is 0 Å². The number of methoxy groups -OCH3 is 1. The minimum absolute atomic E-state index is 0. The van der Waals surface area contributed by atoms with E-state index < -0.39 is 12.0 Å². The lowest BCUT2D eigenvalue weighted by Crippen LogP contribution is -2.33. The molecule has 0 aliphatic heterocycles. The number of carbonyl (C=O) groups is 1. The Hall–Kier alpha value is -1.91. The van der Waals surface area contributed by atoms with Crippen molar-refractivity contribution in [2.45, 2.75) is 12.5 Å². The molecule has 0 unspecified atom stereocenters. The van der Waals surface area contributed by atoms with E-state index in [0.717, 1.165) is 16.7 Å². The molecule has 0 bridgehead atoms. The first-order valence-electron chi connectivity index (χ1n) is 6.28. The fourth-order valence-corrected chi connectivity index (χ4v) is 1.96. The first-order valence-corrected chi connectivity index (χ1v) is 6.28. The Labute approximate surface area is 129 Å². The van der Waals surface area contributed by atoms with E-state index in [9.17, 15) is 9.18 Å². The number of hydrogen-bond donors (Lipinski definition) is 1. The number of hydrogen-bond acceptors (Lipinski definition) is 3. The molecule has 112 valence electrons. The van der Waals surface area contributed by atoms with Gasteiger partial charge in [0.25, 0.3) is 0 Å². The molecule has 1 atom stereocenters.